The summed E-state index contributed by atoms with van der Waals surface area (Å²) in [5, 5.41) is 7.62. The lowest BCUT2D eigenvalue weighted by Gasteiger charge is -2.12. The Morgan fingerprint density at radius 3 is 3.00 bits per heavy atom. The van der Waals surface area contributed by atoms with Crippen molar-refractivity contribution < 1.29 is 4.42 Å². The lowest BCUT2D eigenvalue weighted by Crippen LogP contribution is -2.16. The van der Waals surface area contributed by atoms with E-state index in [0.29, 0.717) is 0 Å². The van der Waals surface area contributed by atoms with Crippen molar-refractivity contribution in [2.45, 2.75) is 25.9 Å². The summed E-state index contributed by atoms with van der Waals surface area (Å²) in [5.74, 6) is 0. The van der Waals surface area contributed by atoms with Crippen LogP contribution in [-0.2, 0) is 6.54 Å². The quantitative estimate of drug-likeness (QED) is 0.923. The van der Waals surface area contributed by atoms with Crippen molar-refractivity contribution in [1.82, 2.24) is 15.1 Å². The Hall–Kier alpha value is -1.07. The van der Waals surface area contributed by atoms with E-state index in [2.05, 4.69) is 39.5 Å². The minimum atomic E-state index is 0.105. The molecule has 0 fully saturated rings. The summed E-state index contributed by atoms with van der Waals surface area (Å²) in [6, 6.07) is 2.07. The van der Waals surface area contributed by atoms with Crippen molar-refractivity contribution in [3.63, 3.8) is 0 Å². The van der Waals surface area contributed by atoms with Gasteiger partial charge in [-0.05, 0) is 35.5 Å². The molecule has 0 aliphatic heterocycles. The Morgan fingerprint density at radius 2 is 2.41 bits per heavy atom. The van der Waals surface area contributed by atoms with Crippen LogP contribution >= 0.6 is 15.9 Å². The van der Waals surface area contributed by atoms with Crippen molar-refractivity contribution in [3.05, 3.63) is 40.5 Å². The first-order valence-corrected chi connectivity index (χ1v) is 6.48. The molecule has 0 spiro atoms. The topological polar surface area (TPSA) is 43.0 Å². The number of aromatic nitrogens is 2. The van der Waals surface area contributed by atoms with Crippen molar-refractivity contribution >= 4 is 15.9 Å². The highest BCUT2D eigenvalue weighted by Gasteiger charge is 2.18. The van der Waals surface area contributed by atoms with E-state index in [1.54, 1.807) is 6.26 Å². The van der Waals surface area contributed by atoms with Gasteiger partial charge in [0.2, 0.25) is 0 Å². The average Bonchev–Trinajstić information content (AvgIpc) is 2.92. The number of hydrogen-bond acceptors (Lipinski definition) is 3. The van der Waals surface area contributed by atoms with Crippen LogP contribution in [0.3, 0.4) is 0 Å². The van der Waals surface area contributed by atoms with Crippen LogP contribution < -0.4 is 5.32 Å². The average molecular weight is 298 g/mol. The third-order valence-corrected chi connectivity index (χ3v) is 3.33. The SMILES string of the molecule is CCCn1cc(C(NC)c2ccoc2Br)cn1. The van der Waals surface area contributed by atoms with Crippen LogP contribution in [0.5, 0.6) is 0 Å². The molecule has 0 aliphatic rings. The van der Waals surface area contributed by atoms with Gasteiger partial charge in [-0.25, -0.2) is 0 Å². The van der Waals surface area contributed by atoms with Crippen LogP contribution in [0.15, 0.2) is 33.8 Å². The molecule has 5 heteroatoms. The highest BCUT2D eigenvalue weighted by Crippen LogP contribution is 2.28. The second-order valence-corrected chi connectivity index (χ2v) is 4.63. The lowest BCUT2D eigenvalue weighted by molar-refractivity contribution is 0.530. The standard InChI is InChI=1S/C12H16BrN3O/c1-3-5-16-8-9(7-15-16)11(14-2)10-4-6-17-12(10)13/h4,6-8,11,14H,3,5H2,1-2H3. The molecule has 17 heavy (non-hydrogen) atoms. The number of nitrogens with zero attached hydrogens (tertiary/aromatic N) is 2. The van der Waals surface area contributed by atoms with Crippen molar-refractivity contribution in [3.8, 4) is 0 Å². The van der Waals surface area contributed by atoms with E-state index >= 15 is 0 Å². The Kier molecular flexibility index (Phi) is 4.02. The fourth-order valence-corrected chi connectivity index (χ4v) is 2.36. The molecule has 0 aromatic carbocycles. The monoisotopic (exact) mass is 297 g/mol. The zero-order valence-electron chi connectivity index (χ0n) is 9.98. The van der Waals surface area contributed by atoms with Gasteiger partial charge in [0.15, 0.2) is 4.67 Å². The van der Waals surface area contributed by atoms with Gasteiger partial charge in [-0.2, -0.15) is 5.10 Å². The first kappa shape index (κ1) is 12.4. The Labute approximate surface area is 109 Å². The smallest absolute Gasteiger partial charge is 0.174 e. The minimum absolute atomic E-state index is 0.105. The van der Waals surface area contributed by atoms with E-state index in [1.165, 1.54) is 0 Å². The number of furan rings is 1. The molecular formula is C12H16BrN3O. The maximum atomic E-state index is 5.27. The van der Waals surface area contributed by atoms with Gasteiger partial charge < -0.3 is 9.73 Å². The van der Waals surface area contributed by atoms with Crippen LogP contribution in [0.1, 0.15) is 30.5 Å². The summed E-state index contributed by atoms with van der Waals surface area (Å²) in [7, 11) is 1.93. The van der Waals surface area contributed by atoms with Crippen LogP contribution in [0.2, 0.25) is 0 Å². The third kappa shape index (κ3) is 2.61. The highest BCUT2D eigenvalue weighted by atomic mass is 79.9. The lowest BCUT2D eigenvalue weighted by atomic mass is 10.1. The molecule has 4 nitrogen and oxygen atoms in total. The normalized spacial score (nSPS) is 12.9. The fraction of sp³-hybridized carbons (Fsp3) is 0.417. The molecule has 0 radical (unpaired) electrons. The zero-order chi connectivity index (χ0) is 12.3. The van der Waals surface area contributed by atoms with Gasteiger partial charge in [0.1, 0.15) is 0 Å². The predicted octanol–water partition coefficient (Wildman–Crippen LogP) is 2.96. The Balaban J connectivity index is 2.26. The molecule has 2 aromatic heterocycles. The molecule has 0 bridgehead atoms. The van der Waals surface area contributed by atoms with Crippen LogP contribution in [0, 0.1) is 0 Å². The molecule has 2 rings (SSSR count). The van der Waals surface area contributed by atoms with E-state index in [-0.39, 0.29) is 6.04 Å². The number of aryl methyl sites for hydroxylation is 1. The highest BCUT2D eigenvalue weighted by molar-refractivity contribution is 9.10. The Morgan fingerprint density at radius 1 is 1.59 bits per heavy atom. The minimum Gasteiger partial charge on any atom is -0.457 e. The molecule has 1 unspecified atom stereocenters. The molecule has 0 saturated carbocycles. The Bertz CT molecular complexity index is 478. The second-order valence-electron chi connectivity index (χ2n) is 3.91. The molecular weight excluding hydrogens is 282 g/mol. The predicted molar refractivity (Wildman–Crippen MR) is 69.8 cm³/mol. The first-order valence-electron chi connectivity index (χ1n) is 5.68. The van der Waals surface area contributed by atoms with Crippen molar-refractivity contribution in [1.29, 1.82) is 0 Å². The van der Waals surface area contributed by atoms with Gasteiger partial charge in [0.25, 0.3) is 0 Å². The van der Waals surface area contributed by atoms with Crippen molar-refractivity contribution in [2.75, 3.05) is 7.05 Å². The number of nitrogens with one attached hydrogen (secondary N) is 1. The van der Waals surface area contributed by atoms with E-state index in [0.717, 1.165) is 28.8 Å². The number of halogens is 1. The van der Waals surface area contributed by atoms with E-state index < -0.39 is 0 Å². The van der Waals surface area contributed by atoms with Gasteiger partial charge in [-0.3, -0.25) is 4.68 Å². The summed E-state index contributed by atoms with van der Waals surface area (Å²) in [6.07, 6.45) is 6.74. The zero-order valence-corrected chi connectivity index (χ0v) is 11.6. The first-order chi connectivity index (χ1) is 8.26. The van der Waals surface area contributed by atoms with Crippen LogP contribution in [0.4, 0.5) is 0 Å². The number of hydrogen-bond donors (Lipinski definition) is 1. The summed E-state index contributed by atoms with van der Waals surface area (Å²) in [5.41, 5.74) is 2.23. The largest absolute Gasteiger partial charge is 0.457 e. The molecule has 0 amide bonds. The number of rotatable bonds is 5. The van der Waals surface area contributed by atoms with E-state index in [9.17, 15) is 0 Å². The maximum Gasteiger partial charge on any atom is 0.174 e. The van der Waals surface area contributed by atoms with Crippen LogP contribution in [-0.4, -0.2) is 16.8 Å². The molecule has 2 aromatic rings. The summed E-state index contributed by atoms with van der Waals surface area (Å²) < 4.78 is 8.00. The van der Waals surface area contributed by atoms with Gasteiger partial charge in [-0.1, -0.05) is 6.92 Å². The summed E-state index contributed by atoms with van der Waals surface area (Å²) in [4.78, 5) is 0. The van der Waals surface area contributed by atoms with E-state index in [4.69, 9.17) is 4.42 Å². The molecule has 1 atom stereocenters. The molecule has 2 heterocycles. The van der Waals surface area contributed by atoms with Gasteiger partial charge in [-0.15, -0.1) is 0 Å². The second kappa shape index (κ2) is 5.51. The molecule has 1 N–H and O–H groups in total. The third-order valence-electron chi connectivity index (χ3n) is 2.69. The van der Waals surface area contributed by atoms with E-state index in [1.807, 2.05) is 24.0 Å². The maximum absolute atomic E-state index is 5.27. The van der Waals surface area contributed by atoms with Gasteiger partial charge in [0.05, 0.1) is 18.5 Å². The fourth-order valence-electron chi connectivity index (χ4n) is 1.89. The van der Waals surface area contributed by atoms with Crippen LogP contribution in [0.25, 0.3) is 0 Å². The van der Waals surface area contributed by atoms with Crippen molar-refractivity contribution in [2.24, 2.45) is 0 Å². The molecule has 0 aliphatic carbocycles. The summed E-state index contributed by atoms with van der Waals surface area (Å²) in [6.45, 7) is 3.09. The molecule has 0 saturated heterocycles. The van der Waals surface area contributed by atoms with Gasteiger partial charge >= 0.3 is 0 Å². The molecule has 92 valence electrons. The van der Waals surface area contributed by atoms with Gasteiger partial charge in [0, 0.05) is 23.9 Å². The summed E-state index contributed by atoms with van der Waals surface area (Å²) >= 11 is 3.41.